The fourth-order valence-corrected chi connectivity index (χ4v) is 2.76. The van der Waals surface area contributed by atoms with Crippen LogP contribution < -0.4 is 0 Å². The van der Waals surface area contributed by atoms with Gasteiger partial charge in [-0.3, -0.25) is 9.89 Å². The van der Waals surface area contributed by atoms with Crippen LogP contribution in [0.2, 0.25) is 0 Å². The molecule has 0 fully saturated rings. The average molecular weight is 266 g/mol. The van der Waals surface area contributed by atoms with Crippen LogP contribution in [0.25, 0.3) is 12.2 Å². The molecule has 0 amide bonds. The maximum Gasteiger partial charge on any atom is 0.167 e. The molecular weight excluding hydrogens is 248 g/mol. The van der Waals surface area contributed by atoms with Gasteiger partial charge in [0.2, 0.25) is 0 Å². The Bertz CT molecular complexity index is 666. The third-order valence-electron chi connectivity index (χ3n) is 3.68. The minimum Gasteiger partial charge on any atom is -0.294 e. The normalized spacial score (nSPS) is 17.4. The lowest BCUT2D eigenvalue weighted by molar-refractivity contribution is 0.0911. The van der Waals surface area contributed by atoms with Gasteiger partial charge in [0, 0.05) is 12.1 Å². The van der Waals surface area contributed by atoms with Crippen molar-refractivity contribution in [2.75, 3.05) is 0 Å². The molecule has 0 atom stereocenters. The molecule has 1 aromatic carbocycles. The van der Waals surface area contributed by atoms with E-state index in [9.17, 15) is 4.79 Å². The van der Waals surface area contributed by atoms with Crippen molar-refractivity contribution in [2.45, 2.75) is 26.7 Å². The van der Waals surface area contributed by atoms with Crippen molar-refractivity contribution in [3.8, 4) is 0 Å². The van der Waals surface area contributed by atoms with Crippen molar-refractivity contribution >= 4 is 17.9 Å². The molecule has 1 aliphatic carbocycles. The van der Waals surface area contributed by atoms with Gasteiger partial charge in [-0.2, -0.15) is 5.10 Å². The lowest BCUT2D eigenvalue weighted by Gasteiger charge is -2.27. The zero-order valence-corrected chi connectivity index (χ0v) is 11.8. The summed E-state index contributed by atoms with van der Waals surface area (Å²) in [7, 11) is 0. The number of aromatic amines is 1. The minimum absolute atomic E-state index is 0.0248. The van der Waals surface area contributed by atoms with Crippen LogP contribution in [-0.2, 0) is 6.42 Å². The van der Waals surface area contributed by atoms with Gasteiger partial charge in [-0.05, 0) is 23.5 Å². The minimum atomic E-state index is 0.0248. The van der Waals surface area contributed by atoms with Gasteiger partial charge in [0.25, 0.3) is 0 Å². The summed E-state index contributed by atoms with van der Waals surface area (Å²) < 4.78 is 0. The molecule has 1 N–H and O–H groups in total. The Morgan fingerprint density at radius 2 is 1.90 bits per heavy atom. The highest BCUT2D eigenvalue weighted by molar-refractivity contribution is 6.02. The molecule has 3 nitrogen and oxygen atoms in total. The van der Waals surface area contributed by atoms with E-state index in [0.717, 1.165) is 28.9 Å². The van der Waals surface area contributed by atoms with Crippen LogP contribution in [-0.4, -0.2) is 16.0 Å². The van der Waals surface area contributed by atoms with Crippen LogP contribution >= 0.6 is 0 Å². The van der Waals surface area contributed by atoms with Crippen molar-refractivity contribution in [3.63, 3.8) is 0 Å². The average Bonchev–Trinajstić information content (AvgIpc) is 2.79. The molecule has 0 saturated carbocycles. The number of benzene rings is 1. The van der Waals surface area contributed by atoms with Gasteiger partial charge in [0.05, 0.1) is 11.3 Å². The summed E-state index contributed by atoms with van der Waals surface area (Å²) in [4.78, 5) is 12.3. The summed E-state index contributed by atoms with van der Waals surface area (Å²) in [5.74, 6) is 0.192. The molecule has 0 bridgehead atoms. The van der Waals surface area contributed by atoms with E-state index in [4.69, 9.17) is 0 Å². The molecule has 20 heavy (non-hydrogen) atoms. The van der Waals surface area contributed by atoms with E-state index in [-0.39, 0.29) is 11.2 Å². The first-order chi connectivity index (χ1) is 9.55. The molecule has 0 radical (unpaired) electrons. The van der Waals surface area contributed by atoms with Crippen LogP contribution in [0.3, 0.4) is 0 Å². The first kappa shape index (κ1) is 12.9. The molecule has 2 aromatic rings. The number of carbonyl (C=O) groups is 1. The van der Waals surface area contributed by atoms with Crippen molar-refractivity contribution in [2.24, 2.45) is 5.41 Å². The number of nitrogens with zero attached hydrogens (tertiary/aromatic N) is 1. The quantitative estimate of drug-likeness (QED) is 0.900. The first-order valence-corrected chi connectivity index (χ1v) is 6.89. The highest BCUT2D eigenvalue weighted by Crippen LogP contribution is 2.35. The third kappa shape index (κ3) is 2.44. The van der Waals surface area contributed by atoms with Gasteiger partial charge >= 0.3 is 0 Å². The Labute approximate surface area is 118 Å². The molecule has 3 rings (SSSR count). The zero-order valence-electron chi connectivity index (χ0n) is 11.8. The summed E-state index contributed by atoms with van der Waals surface area (Å²) >= 11 is 0. The summed E-state index contributed by atoms with van der Waals surface area (Å²) in [5, 5.41) is 7.32. The lowest BCUT2D eigenvalue weighted by atomic mass is 9.75. The van der Waals surface area contributed by atoms with Crippen LogP contribution in [0.15, 0.2) is 30.3 Å². The van der Waals surface area contributed by atoms with Crippen molar-refractivity contribution in [3.05, 3.63) is 52.8 Å². The second-order valence-corrected chi connectivity index (χ2v) is 6.15. The highest BCUT2D eigenvalue weighted by atomic mass is 16.1. The Morgan fingerprint density at radius 3 is 2.65 bits per heavy atom. The molecule has 1 heterocycles. The van der Waals surface area contributed by atoms with E-state index >= 15 is 0 Å². The predicted molar refractivity (Wildman–Crippen MR) is 80.4 cm³/mol. The zero-order chi connectivity index (χ0) is 14.2. The van der Waals surface area contributed by atoms with Crippen LogP contribution in [0.4, 0.5) is 0 Å². The molecule has 0 spiro atoms. The van der Waals surface area contributed by atoms with Gasteiger partial charge in [-0.1, -0.05) is 50.3 Å². The third-order valence-corrected chi connectivity index (χ3v) is 3.68. The fourth-order valence-electron chi connectivity index (χ4n) is 2.76. The van der Waals surface area contributed by atoms with Gasteiger partial charge in [-0.25, -0.2) is 0 Å². The Hall–Kier alpha value is -2.16. The SMILES string of the molecule is CC1(C)CC(=O)c2c(/C=C\c3ccccc3)n[nH]c2C1. The number of hydrogen-bond donors (Lipinski definition) is 1. The van der Waals surface area contributed by atoms with Gasteiger partial charge in [-0.15, -0.1) is 0 Å². The molecule has 0 saturated heterocycles. The van der Waals surface area contributed by atoms with Gasteiger partial charge in [0.1, 0.15) is 0 Å². The van der Waals surface area contributed by atoms with Crippen molar-refractivity contribution in [1.29, 1.82) is 0 Å². The fraction of sp³-hybridized carbons (Fsp3) is 0.294. The number of hydrogen-bond acceptors (Lipinski definition) is 2. The maximum absolute atomic E-state index is 12.3. The largest absolute Gasteiger partial charge is 0.294 e. The van der Waals surface area contributed by atoms with E-state index < -0.39 is 0 Å². The molecule has 3 heteroatoms. The first-order valence-electron chi connectivity index (χ1n) is 6.89. The maximum atomic E-state index is 12.3. The van der Waals surface area contributed by atoms with Crippen molar-refractivity contribution in [1.82, 2.24) is 10.2 Å². The number of carbonyl (C=O) groups excluding carboxylic acids is 1. The predicted octanol–water partition coefficient (Wildman–Crippen LogP) is 3.74. The lowest BCUT2D eigenvalue weighted by Crippen LogP contribution is -2.26. The van der Waals surface area contributed by atoms with Gasteiger partial charge in [0.15, 0.2) is 5.78 Å². The van der Waals surface area contributed by atoms with E-state index in [0.29, 0.717) is 6.42 Å². The Kier molecular flexibility index (Phi) is 3.05. The monoisotopic (exact) mass is 266 g/mol. The highest BCUT2D eigenvalue weighted by Gasteiger charge is 2.33. The van der Waals surface area contributed by atoms with Gasteiger partial charge < -0.3 is 0 Å². The number of fused-ring (bicyclic) bond motifs is 1. The summed E-state index contributed by atoms with van der Waals surface area (Å²) in [6.07, 6.45) is 5.37. The smallest absolute Gasteiger partial charge is 0.167 e. The van der Waals surface area contributed by atoms with E-state index in [2.05, 4.69) is 24.0 Å². The number of rotatable bonds is 2. The molecule has 1 aromatic heterocycles. The second kappa shape index (κ2) is 4.75. The van der Waals surface area contributed by atoms with Crippen LogP contribution in [0.1, 0.15) is 47.6 Å². The van der Waals surface area contributed by atoms with E-state index in [1.165, 1.54) is 0 Å². The number of H-pyrrole nitrogens is 1. The van der Waals surface area contributed by atoms with E-state index in [1.807, 2.05) is 42.5 Å². The Morgan fingerprint density at radius 1 is 1.15 bits per heavy atom. The number of ketones is 1. The molecule has 0 aliphatic heterocycles. The number of aromatic nitrogens is 2. The second-order valence-electron chi connectivity index (χ2n) is 6.15. The Balaban J connectivity index is 1.92. The number of Topliss-reactive ketones (excluding diaryl/α,β-unsaturated/α-hetero) is 1. The van der Waals surface area contributed by atoms with Crippen molar-refractivity contribution < 1.29 is 4.79 Å². The number of nitrogens with one attached hydrogen (secondary N) is 1. The van der Waals surface area contributed by atoms with E-state index in [1.54, 1.807) is 0 Å². The molecule has 102 valence electrons. The summed E-state index contributed by atoms with van der Waals surface area (Å²) in [6, 6.07) is 10.0. The topological polar surface area (TPSA) is 45.8 Å². The molecule has 0 unspecified atom stereocenters. The summed E-state index contributed by atoms with van der Waals surface area (Å²) in [5.41, 5.74) is 3.63. The summed E-state index contributed by atoms with van der Waals surface area (Å²) in [6.45, 7) is 4.24. The van der Waals surface area contributed by atoms with Crippen LogP contribution in [0.5, 0.6) is 0 Å². The van der Waals surface area contributed by atoms with Crippen LogP contribution in [0, 0.1) is 5.41 Å². The molecular formula is C17H18N2O. The standard InChI is InChI=1S/C17H18N2O/c1-17(2)10-14-16(15(20)11-17)13(18-19-14)9-8-12-6-4-3-5-7-12/h3-9H,10-11H2,1-2H3,(H,18,19)/b9-8-. The molecule has 1 aliphatic rings.